The summed E-state index contributed by atoms with van der Waals surface area (Å²) in [6.45, 7) is 0. The minimum atomic E-state index is 0.700. The minimum Gasteiger partial charge on any atom is -0.497 e. The SMILES string of the molecule is CNSc1cccc(Nc2cc(Nc3cccc(OC)c3)ncn2)c1. The molecular weight excluding hydrogens is 334 g/mol. The average Bonchev–Trinajstić information content (AvgIpc) is 2.63. The van der Waals surface area contributed by atoms with E-state index in [9.17, 15) is 0 Å². The first-order valence-corrected chi connectivity index (χ1v) is 8.52. The molecule has 1 aromatic heterocycles. The van der Waals surface area contributed by atoms with Gasteiger partial charge in [-0.1, -0.05) is 12.1 Å². The van der Waals surface area contributed by atoms with Crippen molar-refractivity contribution in [1.29, 1.82) is 0 Å². The number of nitrogens with one attached hydrogen (secondary N) is 3. The summed E-state index contributed by atoms with van der Waals surface area (Å²) in [6, 6.07) is 17.6. The summed E-state index contributed by atoms with van der Waals surface area (Å²) in [5.74, 6) is 2.20. The summed E-state index contributed by atoms with van der Waals surface area (Å²) in [6.07, 6.45) is 1.52. The Morgan fingerprint density at radius 3 is 2.24 bits per heavy atom. The summed E-state index contributed by atoms with van der Waals surface area (Å²) in [5, 5.41) is 6.55. The topological polar surface area (TPSA) is 71.1 Å². The van der Waals surface area contributed by atoms with Crippen LogP contribution in [-0.2, 0) is 0 Å². The third kappa shape index (κ3) is 4.85. The number of anilines is 4. The van der Waals surface area contributed by atoms with Crippen LogP contribution in [0.1, 0.15) is 0 Å². The van der Waals surface area contributed by atoms with Crippen LogP contribution in [-0.4, -0.2) is 24.1 Å². The Bertz CT molecular complexity index is 843. The van der Waals surface area contributed by atoms with Gasteiger partial charge >= 0.3 is 0 Å². The molecule has 0 radical (unpaired) electrons. The molecule has 0 amide bonds. The fourth-order valence-corrected chi connectivity index (χ4v) is 2.81. The molecule has 0 saturated carbocycles. The Morgan fingerprint density at radius 1 is 0.880 bits per heavy atom. The van der Waals surface area contributed by atoms with Gasteiger partial charge in [-0.3, -0.25) is 4.72 Å². The van der Waals surface area contributed by atoms with Crippen LogP contribution in [0, 0.1) is 0 Å². The molecule has 0 spiro atoms. The van der Waals surface area contributed by atoms with Crippen molar-refractivity contribution in [3.05, 3.63) is 60.9 Å². The fraction of sp³-hybridized carbons (Fsp3) is 0.111. The van der Waals surface area contributed by atoms with Gasteiger partial charge in [-0.2, -0.15) is 0 Å². The Hall–Kier alpha value is -2.77. The Balaban J connectivity index is 1.74. The van der Waals surface area contributed by atoms with E-state index in [1.165, 1.54) is 6.33 Å². The lowest BCUT2D eigenvalue weighted by Gasteiger charge is -2.10. The van der Waals surface area contributed by atoms with Crippen molar-refractivity contribution in [3.8, 4) is 5.75 Å². The highest BCUT2D eigenvalue weighted by molar-refractivity contribution is 7.97. The van der Waals surface area contributed by atoms with Crippen molar-refractivity contribution in [2.45, 2.75) is 4.90 Å². The summed E-state index contributed by atoms with van der Waals surface area (Å²) in [4.78, 5) is 9.66. The first-order chi connectivity index (χ1) is 12.3. The molecule has 0 fully saturated rings. The highest BCUT2D eigenvalue weighted by atomic mass is 32.2. The molecule has 25 heavy (non-hydrogen) atoms. The molecule has 128 valence electrons. The van der Waals surface area contributed by atoms with Crippen LogP contribution in [0.3, 0.4) is 0 Å². The van der Waals surface area contributed by atoms with Gasteiger partial charge in [0.2, 0.25) is 0 Å². The van der Waals surface area contributed by atoms with Gasteiger partial charge in [0.1, 0.15) is 23.7 Å². The van der Waals surface area contributed by atoms with Gasteiger partial charge in [-0.15, -0.1) is 0 Å². The zero-order valence-corrected chi connectivity index (χ0v) is 14.8. The maximum atomic E-state index is 5.23. The minimum absolute atomic E-state index is 0.700. The van der Waals surface area contributed by atoms with E-state index >= 15 is 0 Å². The monoisotopic (exact) mass is 353 g/mol. The van der Waals surface area contributed by atoms with Gasteiger partial charge in [-0.05, 0) is 49.3 Å². The Kier molecular flexibility index (Phi) is 5.71. The van der Waals surface area contributed by atoms with Gasteiger partial charge in [0.15, 0.2) is 0 Å². The zero-order chi connectivity index (χ0) is 17.5. The smallest absolute Gasteiger partial charge is 0.135 e. The van der Waals surface area contributed by atoms with Crippen LogP contribution in [0.2, 0.25) is 0 Å². The van der Waals surface area contributed by atoms with Crippen molar-refractivity contribution >= 4 is 35.0 Å². The molecule has 0 saturated heterocycles. The number of ether oxygens (including phenoxy) is 1. The fourth-order valence-electron chi connectivity index (χ4n) is 2.25. The van der Waals surface area contributed by atoms with Crippen molar-refractivity contribution in [2.75, 3.05) is 24.8 Å². The maximum absolute atomic E-state index is 5.23. The molecule has 3 rings (SSSR count). The zero-order valence-electron chi connectivity index (χ0n) is 14.0. The predicted molar refractivity (Wildman–Crippen MR) is 103 cm³/mol. The molecule has 7 heteroatoms. The van der Waals surface area contributed by atoms with E-state index in [1.807, 2.05) is 55.6 Å². The van der Waals surface area contributed by atoms with Gasteiger partial charge < -0.3 is 15.4 Å². The van der Waals surface area contributed by atoms with Crippen LogP contribution < -0.4 is 20.1 Å². The highest BCUT2D eigenvalue weighted by Gasteiger charge is 2.02. The molecule has 1 heterocycles. The van der Waals surface area contributed by atoms with E-state index in [0.29, 0.717) is 11.6 Å². The second kappa shape index (κ2) is 8.36. The van der Waals surface area contributed by atoms with Gasteiger partial charge in [-0.25, -0.2) is 9.97 Å². The first kappa shape index (κ1) is 17.1. The molecule has 3 N–H and O–H groups in total. The normalized spacial score (nSPS) is 10.3. The second-order valence-corrected chi connectivity index (χ2v) is 6.19. The number of methoxy groups -OCH3 is 1. The number of benzene rings is 2. The summed E-state index contributed by atoms with van der Waals surface area (Å²) in [7, 11) is 3.54. The third-order valence-corrected chi connectivity index (χ3v) is 4.03. The van der Waals surface area contributed by atoms with Gasteiger partial charge in [0.25, 0.3) is 0 Å². The molecule has 0 atom stereocenters. The number of rotatable bonds is 7. The first-order valence-electron chi connectivity index (χ1n) is 7.70. The second-order valence-electron chi connectivity index (χ2n) is 5.10. The molecule has 0 bridgehead atoms. The van der Waals surface area contributed by atoms with E-state index in [-0.39, 0.29) is 0 Å². The average molecular weight is 353 g/mol. The van der Waals surface area contributed by atoms with Crippen molar-refractivity contribution in [1.82, 2.24) is 14.7 Å². The van der Waals surface area contributed by atoms with Gasteiger partial charge in [0.05, 0.1) is 7.11 Å². The number of nitrogens with zero attached hydrogens (tertiary/aromatic N) is 2. The van der Waals surface area contributed by atoms with E-state index < -0.39 is 0 Å². The Labute approximate surface area is 151 Å². The van der Waals surface area contributed by atoms with E-state index in [1.54, 1.807) is 19.1 Å². The lowest BCUT2D eigenvalue weighted by Crippen LogP contribution is -1.99. The van der Waals surface area contributed by atoms with Crippen LogP contribution in [0.4, 0.5) is 23.0 Å². The van der Waals surface area contributed by atoms with Crippen molar-refractivity contribution in [3.63, 3.8) is 0 Å². The largest absolute Gasteiger partial charge is 0.497 e. The lowest BCUT2D eigenvalue weighted by atomic mass is 10.3. The lowest BCUT2D eigenvalue weighted by molar-refractivity contribution is 0.415. The van der Waals surface area contributed by atoms with Crippen LogP contribution in [0.25, 0.3) is 0 Å². The standard InChI is InChI=1S/C18H19N5OS/c1-19-25-16-8-4-6-14(10-16)23-18-11-17(20-12-21-18)22-13-5-3-7-15(9-13)24-2/h3-12,19H,1-2H3,(H2,20,21,22,23). The maximum Gasteiger partial charge on any atom is 0.135 e. The highest BCUT2D eigenvalue weighted by Crippen LogP contribution is 2.24. The number of aromatic nitrogens is 2. The third-order valence-electron chi connectivity index (χ3n) is 3.34. The summed E-state index contributed by atoms with van der Waals surface area (Å²) < 4.78 is 8.30. The predicted octanol–water partition coefficient (Wildman–Crippen LogP) is 4.20. The quantitative estimate of drug-likeness (QED) is 0.550. The molecule has 6 nitrogen and oxygen atoms in total. The Morgan fingerprint density at radius 2 is 1.56 bits per heavy atom. The van der Waals surface area contributed by atoms with Crippen LogP contribution >= 0.6 is 11.9 Å². The summed E-state index contributed by atoms with van der Waals surface area (Å²) >= 11 is 1.56. The summed E-state index contributed by atoms with van der Waals surface area (Å²) in [5.41, 5.74) is 1.86. The number of hydrogen-bond donors (Lipinski definition) is 3. The van der Waals surface area contributed by atoms with E-state index in [4.69, 9.17) is 4.74 Å². The molecule has 0 unspecified atom stereocenters. The van der Waals surface area contributed by atoms with Crippen LogP contribution in [0.5, 0.6) is 5.75 Å². The molecule has 0 aliphatic heterocycles. The molecule has 3 aromatic rings. The van der Waals surface area contributed by atoms with E-state index in [2.05, 4.69) is 31.4 Å². The molecule has 2 aromatic carbocycles. The van der Waals surface area contributed by atoms with Crippen LogP contribution in [0.15, 0.2) is 65.8 Å². The van der Waals surface area contributed by atoms with Gasteiger partial charge in [0, 0.05) is 28.4 Å². The van der Waals surface area contributed by atoms with Crippen molar-refractivity contribution in [2.24, 2.45) is 0 Å². The van der Waals surface area contributed by atoms with Crippen molar-refractivity contribution < 1.29 is 4.74 Å². The molecule has 0 aliphatic carbocycles. The number of hydrogen-bond acceptors (Lipinski definition) is 7. The molecule has 0 aliphatic rings. The van der Waals surface area contributed by atoms with E-state index in [0.717, 1.165) is 22.0 Å². The molecular formula is C18H19N5OS.